The van der Waals surface area contributed by atoms with Crippen molar-refractivity contribution in [1.29, 1.82) is 0 Å². The van der Waals surface area contributed by atoms with E-state index in [1.165, 1.54) is 18.2 Å². The van der Waals surface area contributed by atoms with E-state index in [1.54, 1.807) is 12.1 Å². The number of benzene rings is 2. The molecule has 4 heteroatoms. The smallest absolute Gasteiger partial charge is 0.127 e. The molecule has 0 heterocycles. The van der Waals surface area contributed by atoms with Gasteiger partial charge in [-0.25, -0.2) is 8.78 Å². The van der Waals surface area contributed by atoms with E-state index >= 15 is 0 Å². The Kier molecular flexibility index (Phi) is 5.48. The molecule has 112 valence electrons. The standard InChI is InChI=1S/C17H18BrF2N/c1-3-21-17(15-10-14(19)7-4-11(15)2)8-12-5-6-13(18)9-16(12)20/h4-7,9-10,17,21H,3,8H2,1-2H3. The molecule has 0 aliphatic heterocycles. The molecule has 0 fully saturated rings. The molecular weight excluding hydrogens is 336 g/mol. The fourth-order valence-corrected chi connectivity index (χ4v) is 2.77. The highest BCUT2D eigenvalue weighted by Crippen LogP contribution is 2.25. The second kappa shape index (κ2) is 7.14. The van der Waals surface area contributed by atoms with Crippen LogP contribution < -0.4 is 5.32 Å². The zero-order chi connectivity index (χ0) is 15.4. The Bertz CT molecular complexity index is 628. The second-order valence-corrected chi connectivity index (χ2v) is 5.97. The van der Waals surface area contributed by atoms with Crippen LogP contribution in [0.5, 0.6) is 0 Å². The van der Waals surface area contributed by atoms with Crippen molar-refractivity contribution in [3.8, 4) is 0 Å². The van der Waals surface area contributed by atoms with E-state index in [-0.39, 0.29) is 17.7 Å². The summed E-state index contributed by atoms with van der Waals surface area (Å²) in [5.41, 5.74) is 2.49. The van der Waals surface area contributed by atoms with Crippen LogP contribution in [0.1, 0.15) is 29.7 Å². The Hall–Kier alpha value is -1.26. The van der Waals surface area contributed by atoms with Crippen molar-refractivity contribution in [3.05, 3.63) is 69.2 Å². The quantitative estimate of drug-likeness (QED) is 0.803. The first-order chi connectivity index (χ1) is 10.0. The number of halogens is 3. The van der Waals surface area contributed by atoms with E-state index in [0.717, 1.165) is 17.7 Å². The lowest BCUT2D eigenvalue weighted by molar-refractivity contribution is 0.521. The van der Waals surface area contributed by atoms with Crippen molar-refractivity contribution in [2.45, 2.75) is 26.3 Å². The maximum atomic E-state index is 14.0. The Morgan fingerprint density at radius 3 is 2.57 bits per heavy atom. The summed E-state index contributed by atoms with van der Waals surface area (Å²) in [6.07, 6.45) is 0.483. The second-order valence-electron chi connectivity index (χ2n) is 5.05. The average molecular weight is 354 g/mol. The first-order valence-electron chi connectivity index (χ1n) is 6.94. The Balaban J connectivity index is 2.32. The zero-order valence-corrected chi connectivity index (χ0v) is 13.7. The molecule has 1 unspecified atom stereocenters. The van der Waals surface area contributed by atoms with Crippen LogP contribution in [-0.4, -0.2) is 6.54 Å². The summed E-state index contributed by atoms with van der Waals surface area (Å²) in [4.78, 5) is 0. The van der Waals surface area contributed by atoms with Gasteiger partial charge in [-0.1, -0.05) is 35.0 Å². The number of hydrogen-bond donors (Lipinski definition) is 1. The predicted octanol–water partition coefficient (Wildman–Crippen LogP) is 4.93. The maximum Gasteiger partial charge on any atom is 0.127 e. The third-order valence-electron chi connectivity index (χ3n) is 3.51. The van der Waals surface area contributed by atoms with Gasteiger partial charge in [0.1, 0.15) is 11.6 Å². The van der Waals surface area contributed by atoms with Crippen LogP contribution >= 0.6 is 15.9 Å². The lowest BCUT2D eigenvalue weighted by atomic mass is 9.95. The highest BCUT2D eigenvalue weighted by Gasteiger charge is 2.16. The molecule has 1 N–H and O–H groups in total. The SMILES string of the molecule is CCNC(Cc1ccc(Br)cc1F)c1cc(F)ccc1C. The Morgan fingerprint density at radius 1 is 1.14 bits per heavy atom. The van der Waals surface area contributed by atoms with Gasteiger partial charge in [0.2, 0.25) is 0 Å². The van der Waals surface area contributed by atoms with Crippen LogP contribution in [0.25, 0.3) is 0 Å². The van der Waals surface area contributed by atoms with Crippen LogP contribution in [0, 0.1) is 18.6 Å². The van der Waals surface area contributed by atoms with Crippen LogP contribution in [0.2, 0.25) is 0 Å². The summed E-state index contributed by atoms with van der Waals surface area (Å²) in [6, 6.07) is 9.66. The Labute approximate surface area is 132 Å². The molecular formula is C17H18BrF2N. The zero-order valence-electron chi connectivity index (χ0n) is 12.1. The molecule has 0 bridgehead atoms. The fourth-order valence-electron chi connectivity index (χ4n) is 2.43. The van der Waals surface area contributed by atoms with Gasteiger partial charge in [-0.05, 0) is 60.8 Å². The molecule has 21 heavy (non-hydrogen) atoms. The third-order valence-corrected chi connectivity index (χ3v) is 4.00. The van der Waals surface area contributed by atoms with Gasteiger partial charge in [0.15, 0.2) is 0 Å². The van der Waals surface area contributed by atoms with E-state index in [1.807, 2.05) is 19.9 Å². The average Bonchev–Trinajstić information content (AvgIpc) is 2.44. The van der Waals surface area contributed by atoms with E-state index in [0.29, 0.717) is 16.5 Å². The molecule has 2 rings (SSSR count). The van der Waals surface area contributed by atoms with Gasteiger partial charge in [0, 0.05) is 10.5 Å². The molecule has 2 aromatic rings. The minimum atomic E-state index is -0.269. The van der Waals surface area contributed by atoms with Crippen molar-refractivity contribution < 1.29 is 8.78 Å². The van der Waals surface area contributed by atoms with E-state index in [9.17, 15) is 8.78 Å². The summed E-state index contributed by atoms with van der Waals surface area (Å²) < 4.78 is 28.2. The molecule has 1 atom stereocenters. The molecule has 0 saturated heterocycles. The van der Waals surface area contributed by atoms with Gasteiger partial charge in [0.25, 0.3) is 0 Å². The van der Waals surface area contributed by atoms with E-state index in [2.05, 4.69) is 21.2 Å². The topological polar surface area (TPSA) is 12.0 Å². The molecule has 0 aliphatic carbocycles. The summed E-state index contributed by atoms with van der Waals surface area (Å²) in [5.74, 6) is -0.517. The molecule has 0 aromatic heterocycles. The Morgan fingerprint density at radius 2 is 1.90 bits per heavy atom. The van der Waals surface area contributed by atoms with E-state index in [4.69, 9.17) is 0 Å². The number of hydrogen-bond acceptors (Lipinski definition) is 1. The maximum absolute atomic E-state index is 14.0. The monoisotopic (exact) mass is 353 g/mol. The summed E-state index contributed by atoms with van der Waals surface area (Å²) >= 11 is 3.25. The van der Waals surface area contributed by atoms with E-state index < -0.39 is 0 Å². The minimum Gasteiger partial charge on any atom is -0.310 e. The molecule has 0 saturated carbocycles. The summed E-state index contributed by atoms with van der Waals surface area (Å²) in [5, 5.41) is 3.31. The first-order valence-corrected chi connectivity index (χ1v) is 7.74. The molecule has 0 radical (unpaired) electrons. The van der Waals surface area contributed by atoms with Crippen molar-refractivity contribution in [2.75, 3.05) is 6.54 Å². The van der Waals surface area contributed by atoms with Gasteiger partial charge in [-0.2, -0.15) is 0 Å². The third kappa shape index (κ3) is 4.11. The molecule has 0 aliphatic rings. The summed E-state index contributed by atoms with van der Waals surface area (Å²) in [7, 11) is 0. The number of likely N-dealkylation sites (N-methyl/N-ethyl adjacent to an activating group) is 1. The van der Waals surface area contributed by atoms with Gasteiger partial charge in [-0.15, -0.1) is 0 Å². The van der Waals surface area contributed by atoms with Crippen LogP contribution in [-0.2, 0) is 6.42 Å². The number of nitrogens with one attached hydrogen (secondary N) is 1. The summed E-state index contributed by atoms with van der Waals surface area (Å²) in [6.45, 7) is 4.66. The van der Waals surface area contributed by atoms with Crippen molar-refractivity contribution in [2.24, 2.45) is 0 Å². The van der Waals surface area contributed by atoms with Crippen LogP contribution in [0.4, 0.5) is 8.78 Å². The van der Waals surface area contributed by atoms with Crippen molar-refractivity contribution >= 4 is 15.9 Å². The van der Waals surface area contributed by atoms with Gasteiger partial charge in [-0.3, -0.25) is 0 Å². The van der Waals surface area contributed by atoms with Crippen LogP contribution in [0.3, 0.4) is 0 Å². The largest absolute Gasteiger partial charge is 0.310 e. The highest BCUT2D eigenvalue weighted by atomic mass is 79.9. The lowest BCUT2D eigenvalue weighted by Crippen LogP contribution is -2.24. The van der Waals surface area contributed by atoms with Gasteiger partial charge >= 0.3 is 0 Å². The van der Waals surface area contributed by atoms with Crippen molar-refractivity contribution in [1.82, 2.24) is 5.32 Å². The molecule has 2 aromatic carbocycles. The lowest BCUT2D eigenvalue weighted by Gasteiger charge is -2.21. The van der Waals surface area contributed by atoms with Gasteiger partial charge < -0.3 is 5.32 Å². The minimum absolute atomic E-state index is 0.110. The predicted molar refractivity (Wildman–Crippen MR) is 85.4 cm³/mol. The number of aryl methyl sites for hydroxylation is 1. The van der Waals surface area contributed by atoms with Crippen LogP contribution in [0.15, 0.2) is 40.9 Å². The molecule has 0 spiro atoms. The molecule has 1 nitrogen and oxygen atoms in total. The number of rotatable bonds is 5. The van der Waals surface area contributed by atoms with Gasteiger partial charge in [0.05, 0.1) is 0 Å². The highest BCUT2D eigenvalue weighted by molar-refractivity contribution is 9.10. The van der Waals surface area contributed by atoms with Crippen molar-refractivity contribution in [3.63, 3.8) is 0 Å². The molecule has 0 amide bonds. The normalized spacial score (nSPS) is 12.4. The fraction of sp³-hybridized carbons (Fsp3) is 0.294. The first kappa shape index (κ1) is 16.1.